The molecule has 0 bridgehead atoms. The molecule has 0 aromatic carbocycles. The Kier molecular flexibility index (Phi) is 25.2. The molecule has 6 N–H and O–H groups in total. The van der Waals surface area contributed by atoms with Gasteiger partial charge in [-0.05, 0) is 27.7 Å². The molecule has 0 amide bonds. The van der Waals surface area contributed by atoms with Gasteiger partial charge in [-0.3, -0.25) is 0 Å². The van der Waals surface area contributed by atoms with Gasteiger partial charge in [0.1, 0.15) is 0 Å². The molecule has 19 heteroatoms. The van der Waals surface area contributed by atoms with Crippen LogP contribution in [0.25, 0.3) is 0 Å². The molecule has 0 fully saturated rings. The Morgan fingerprint density at radius 3 is 0.493 bits per heavy atom. The van der Waals surface area contributed by atoms with Gasteiger partial charge < -0.3 is 30.6 Å². The molecule has 73 heavy (non-hydrogen) atoms. The van der Waals surface area contributed by atoms with Gasteiger partial charge in [-0.25, -0.2) is 59.1 Å². The topological polar surface area (TPSA) is 289 Å². The average molecular weight is 1070 g/mol. The van der Waals surface area contributed by atoms with Gasteiger partial charge in [0.2, 0.25) is 0 Å². The van der Waals surface area contributed by atoms with Crippen molar-refractivity contribution in [1.29, 1.82) is 0 Å². The van der Waals surface area contributed by atoms with Crippen LogP contribution < -0.4 is 0 Å². The summed E-state index contributed by atoms with van der Waals surface area (Å²) in [6.45, 7) is 53.0. The fourth-order valence-corrected chi connectivity index (χ4v) is 6.13. The van der Waals surface area contributed by atoms with E-state index in [4.69, 9.17) is 10.2 Å². The maximum absolute atomic E-state index is 11.4. The minimum Gasteiger partial charge on any atom is -0.478 e. The number of carbonyl (C=O) groups is 4. The first-order valence-electron chi connectivity index (χ1n) is 24.4. The molecule has 4 rings (SSSR count). The van der Waals surface area contributed by atoms with E-state index < -0.39 is 68.2 Å². The van der Waals surface area contributed by atoms with Crippen LogP contribution in [0, 0.1) is 43.3 Å². The maximum atomic E-state index is 11.4. The molecular formula is C54H96N8O10Ti. The van der Waals surface area contributed by atoms with E-state index in [-0.39, 0.29) is 55.6 Å². The number of carboxylic acids is 4. The third-order valence-electron chi connectivity index (χ3n) is 11.1. The van der Waals surface area contributed by atoms with E-state index in [0.29, 0.717) is 0 Å². The van der Waals surface area contributed by atoms with Crippen molar-refractivity contribution in [3.05, 3.63) is 0 Å². The SMILES string of the molecule is CC(C)(C)C1=NC(C(=O)O)(C(C)(C)C)N=C1.CC(C)(C)C1=NC(C(=O)O)(C(C)(C)C)N=C1.CC(C)(C)C1=NC(C(=O)O)(C(C)(C)C)N=C1.CC(C)(C)C1=NC(C(=O)O)(C(C)(C)C)N=C1.CC(C)O.CC(C)O.[Ti]. The summed E-state index contributed by atoms with van der Waals surface area (Å²) < 4.78 is 0. The Morgan fingerprint density at radius 2 is 0.452 bits per heavy atom. The van der Waals surface area contributed by atoms with E-state index in [2.05, 4.69) is 39.9 Å². The van der Waals surface area contributed by atoms with Crippen LogP contribution in [-0.4, -0.2) is 137 Å². The van der Waals surface area contributed by atoms with Crippen molar-refractivity contribution in [3.8, 4) is 0 Å². The summed E-state index contributed by atoms with van der Waals surface area (Å²) in [6, 6.07) is 0. The van der Waals surface area contributed by atoms with Crippen molar-refractivity contribution in [2.75, 3.05) is 0 Å². The summed E-state index contributed by atoms with van der Waals surface area (Å²) in [6.07, 6.45) is 6.05. The molecule has 4 aliphatic rings. The third kappa shape index (κ3) is 19.2. The van der Waals surface area contributed by atoms with Gasteiger partial charge >= 0.3 is 23.9 Å². The van der Waals surface area contributed by atoms with E-state index in [1.165, 1.54) is 0 Å². The quantitative estimate of drug-likeness (QED) is 0.145. The van der Waals surface area contributed by atoms with Crippen LogP contribution in [0.5, 0.6) is 0 Å². The number of aliphatic hydroxyl groups excluding tert-OH is 2. The van der Waals surface area contributed by atoms with Crippen molar-refractivity contribution in [2.45, 2.75) is 229 Å². The standard InChI is InChI=1S/4C12H20N2O2.2C3H8O.Ti/c4*1-10(2,3)8-7-13-12(14-8,9(15)16)11(4,5)6;2*1-3(2)4;/h4*7H,1-6H3,(H,15,16);2*3-4H,1-2H3;. The van der Waals surface area contributed by atoms with E-state index in [1.807, 2.05) is 166 Å². The molecule has 0 aromatic rings. The number of hydrogen-bond acceptors (Lipinski definition) is 14. The molecule has 0 spiro atoms. The zero-order chi connectivity index (χ0) is 58.3. The van der Waals surface area contributed by atoms with E-state index in [0.717, 1.165) is 22.8 Å². The predicted molar refractivity (Wildman–Crippen MR) is 296 cm³/mol. The minimum atomic E-state index is -1.37. The maximum Gasteiger partial charge on any atom is 0.354 e. The summed E-state index contributed by atoms with van der Waals surface area (Å²) in [5, 5.41) is 53.6. The van der Waals surface area contributed by atoms with Crippen LogP contribution in [0.15, 0.2) is 39.9 Å². The molecule has 4 unspecified atom stereocenters. The Balaban J connectivity index is -0.000000847. The zero-order valence-electron chi connectivity index (χ0n) is 49.9. The molecule has 416 valence electrons. The molecule has 0 aliphatic carbocycles. The Morgan fingerprint density at radius 1 is 0.342 bits per heavy atom. The normalized spacial score (nSPS) is 23.6. The van der Waals surface area contributed by atoms with Gasteiger partial charge in [-0.15, -0.1) is 0 Å². The van der Waals surface area contributed by atoms with Gasteiger partial charge in [0.05, 0.1) is 22.8 Å². The molecule has 0 aromatic heterocycles. The van der Waals surface area contributed by atoms with Crippen molar-refractivity contribution in [2.24, 2.45) is 83.3 Å². The van der Waals surface area contributed by atoms with Gasteiger partial charge in [0.25, 0.3) is 22.7 Å². The second-order valence-electron chi connectivity index (χ2n) is 27.1. The van der Waals surface area contributed by atoms with Crippen molar-refractivity contribution in [3.63, 3.8) is 0 Å². The summed E-state index contributed by atoms with van der Waals surface area (Å²) in [5.41, 5.74) is -5.36. The second-order valence-corrected chi connectivity index (χ2v) is 27.1. The van der Waals surface area contributed by atoms with Crippen LogP contribution in [0.3, 0.4) is 0 Å². The Hall–Kier alpha value is -4.13. The summed E-state index contributed by atoms with van der Waals surface area (Å²) in [7, 11) is 0. The number of aliphatic imine (C=N–C) groups is 8. The van der Waals surface area contributed by atoms with Crippen LogP contribution in [-0.2, 0) is 40.9 Å². The molecular weight excluding hydrogens is 969 g/mol. The van der Waals surface area contributed by atoms with Crippen LogP contribution >= 0.6 is 0 Å². The monoisotopic (exact) mass is 1060 g/mol. The first-order chi connectivity index (χ1) is 31.5. The number of carboxylic acid groups (broad SMARTS) is 4. The largest absolute Gasteiger partial charge is 0.478 e. The smallest absolute Gasteiger partial charge is 0.354 e. The van der Waals surface area contributed by atoms with E-state index >= 15 is 0 Å². The van der Waals surface area contributed by atoms with Crippen LogP contribution in [0.4, 0.5) is 0 Å². The molecule has 0 radical (unpaired) electrons. The van der Waals surface area contributed by atoms with E-state index in [1.54, 1.807) is 52.6 Å². The van der Waals surface area contributed by atoms with Gasteiger partial charge in [-0.2, -0.15) is 0 Å². The Labute approximate surface area is 453 Å². The van der Waals surface area contributed by atoms with Crippen molar-refractivity contribution >= 4 is 71.6 Å². The molecule has 4 atom stereocenters. The number of aliphatic carboxylic acids is 4. The zero-order valence-corrected chi connectivity index (χ0v) is 51.4. The van der Waals surface area contributed by atoms with Gasteiger partial charge in [-0.1, -0.05) is 166 Å². The third-order valence-corrected chi connectivity index (χ3v) is 11.1. The fraction of sp³-hybridized carbons (Fsp3) is 0.778. The summed E-state index contributed by atoms with van der Waals surface area (Å²) in [5.74, 6) is -3.96. The van der Waals surface area contributed by atoms with Crippen LogP contribution in [0.2, 0.25) is 0 Å². The molecule has 0 saturated heterocycles. The van der Waals surface area contributed by atoms with E-state index in [9.17, 15) is 39.6 Å². The van der Waals surface area contributed by atoms with Gasteiger partial charge in [0, 0.05) is 102 Å². The number of rotatable bonds is 4. The number of nitrogens with zero attached hydrogens (tertiary/aromatic N) is 8. The first-order valence-corrected chi connectivity index (χ1v) is 24.4. The number of hydrogen-bond donors (Lipinski definition) is 6. The van der Waals surface area contributed by atoms with Gasteiger partial charge in [0.15, 0.2) is 0 Å². The first kappa shape index (κ1) is 73.1. The van der Waals surface area contributed by atoms with Crippen LogP contribution in [0.1, 0.15) is 194 Å². The predicted octanol–water partition coefficient (Wildman–Crippen LogP) is 10.3. The number of aliphatic hydroxyl groups is 2. The fourth-order valence-electron chi connectivity index (χ4n) is 6.13. The Bertz CT molecular complexity index is 1880. The molecule has 4 heterocycles. The second kappa shape index (κ2) is 25.1. The van der Waals surface area contributed by atoms with Crippen molar-refractivity contribution in [1.82, 2.24) is 0 Å². The summed E-state index contributed by atoms with van der Waals surface area (Å²) >= 11 is 0. The van der Waals surface area contributed by atoms with Crippen molar-refractivity contribution < 1.29 is 71.5 Å². The summed E-state index contributed by atoms with van der Waals surface area (Å²) in [4.78, 5) is 79.7. The molecule has 18 nitrogen and oxygen atoms in total. The molecule has 4 aliphatic heterocycles. The molecule has 0 saturated carbocycles. The average Bonchev–Trinajstić information content (AvgIpc) is 3.94. The minimum absolute atomic E-state index is 0.